The van der Waals surface area contributed by atoms with E-state index in [0.717, 1.165) is 0 Å². The molecule has 0 spiro atoms. The predicted molar refractivity (Wildman–Crippen MR) is 81.4 cm³/mol. The average molecular weight is 270 g/mol. The fraction of sp³-hybridized carbons (Fsp3) is 0.444. The summed E-state index contributed by atoms with van der Waals surface area (Å²) in [5.41, 5.74) is 2.63. The van der Waals surface area contributed by atoms with Gasteiger partial charge < -0.3 is 0 Å². The number of aromatic nitrogens is 2. The third-order valence-electron chi connectivity index (χ3n) is 4.06. The molecular formula is C18H26N2+2. The van der Waals surface area contributed by atoms with Gasteiger partial charge in [0.2, 0.25) is 0 Å². The van der Waals surface area contributed by atoms with E-state index in [2.05, 4.69) is 85.9 Å². The Morgan fingerprint density at radius 1 is 0.700 bits per heavy atom. The van der Waals surface area contributed by atoms with Gasteiger partial charge in [-0.1, -0.05) is 0 Å². The van der Waals surface area contributed by atoms with Gasteiger partial charge in [0.1, 0.15) is 0 Å². The fourth-order valence-corrected chi connectivity index (χ4v) is 2.39. The van der Waals surface area contributed by atoms with Gasteiger partial charge in [-0.25, -0.2) is 9.13 Å². The van der Waals surface area contributed by atoms with E-state index in [4.69, 9.17) is 0 Å². The molecule has 0 N–H and O–H groups in total. The normalized spacial score (nSPS) is 14.0. The van der Waals surface area contributed by atoms with Crippen molar-refractivity contribution in [2.24, 2.45) is 0 Å². The molecule has 2 aromatic heterocycles. The zero-order valence-electron chi connectivity index (χ0n) is 13.1. The number of hydrogen-bond donors (Lipinski definition) is 0. The van der Waals surface area contributed by atoms with Crippen molar-refractivity contribution in [3.63, 3.8) is 0 Å². The van der Waals surface area contributed by atoms with E-state index in [0.29, 0.717) is 12.1 Å². The highest BCUT2D eigenvalue weighted by atomic mass is 15.0. The summed E-state index contributed by atoms with van der Waals surface area (Å²) >= 11 is 0. The van der Waals surface area contributed by atoms with Gasteiger partial charge in [0, 0.05) is 37.1 Å². The van der Waals surface area contributed by atoms with Crippen molar-refractivity contribution in [1.29, 1.82) is 0 Å². The highest BCUT2D eigenvalue weighted by Crippen LogP contribution is 2.12. The molecule has 0 aromatic carbocycles. The molecule has 0 saturated heterocycles. The molecule has 0 bridgehead atoms. The SMILES string of the molecule is Cc1cc[n+]([C@@H](C)CC[C@H](C)[n+]2ccc(C)cc2)cc1. The second-order valence-electron chi connectivity index (χ2n) is 5.92. The van der Waals surface area contributed by atoms with Gasteiger partial charge in [-0.3, -0.25) is 0 Å². The van der Waals surface area contributed by atoms with Crippen LogP contribution in [0.4, 0.5) is 0 Å². The summed E-state index contributed by atoms with van der Waals surface area (Å²) in [4.78, 5) is 0. The quantitative estimate of drug-likeness (QED) is 0.735. The fourth-order valence-electron chi connectivity index (χ4n) is 2.39. The van der Waals surface area contributed by atoms with Crippen molar-refractivity contribution < 1.29 is 9.13 Å². The minimum Gasteiger partial charge on any atom is -0.203 e. The van der Waals surface area contributed by atoms with E-state index >= 15 is 0 Å². The maximum atomic E-state index is 2.31. The van der Waals surface area contributed by atoms with Crippen LogP contribution >= 0.6 is 0 Å². The summed E-state index contributed by atoms with van der Waals surface area (Å²) in [6, 6.07) is 9.79. The average Bonchev–Trinajstić information content (AvgIpc) is 2.46. The van der Waals surface area contributed by atoms with Crippen LogP contribution in [0.2, 0.25) is 0 Å². The van der Waals surface area contributed by atoms with Gasteiger partial charge in [0.25, 0.3) is 0 Å². The summed E-state index contributed by atoms with van der Waals surface area (Å²) in [6.45, 7) is 8.85. The van der Waals surface area contributed by atoms with Crippen molar-refractivity contribution in [1.82, 2.24) is 0 Å². The second kappa shape index (κ2) is 6.65. The van der Waals surface area contributed by atoms with Crippen LogP contribution in [0.25, 0.3) is 0 Å². The first-order valence-corrected chi connectivity index (χ1v) is 7.51. The molecule has 2 atom stereocenters. The molecule has 0 unspecified atom stereocenters. The van der Waals surface area contributed by atoms with Gasteiger partial charge in [0.15, 0.2) is 36.9 Å². The van der Waals surface area contributed by atoms with E-state index in [-0.39, 0.29) is 0 Å². The van der Waals surface area contributed by atoms with E-state index < -0.39 is 0 Å². The van der Waals surface area contributed by atoms with Crippen LogP contribution in [0, 0.1) is 13.8 Å². The Morgan fingerprint density at radius 2 is 1.00 bits per heavy atom. The molecule has 106 valence electrons. The lowest BCUT2D eigenvalue weighted by atomic mass is 10.1. The number of aryl methyl sites for hydroxylation is 2. The minimum atomic E-state index is 0.545. The standard InChI is InChI=1S/C18H26N2/c1-15-7-11-19(12-8-15)17(3)5-6-18(4)20-13-9-16(2)10-14-20/h7-14,17-18H,5-6H2,1-4H3/q+2/t17-,18-/m0/s1. The molecule has 0 aliphatic carbocycles. The third kappa shape index (κ3) is 3.89. The first kappa shape index (κ1) is 14.7. The molecule has 0 aliphatic rings. The first-order valence-electron chi connectivity index (χ1n) is 7.51. The van der Waals surface area contributed by atoms with Gasteiger partial charge in [-0.15, -0.1) is 0 Å². The molecule has 2 nitrogen and oxygen atoms in total. The largest absolute Gasteiger partial charge is 0.203 e. The highest BCUT2D eigenvalue weighted by Gasteiger charge is 2.17. The van der Waals surface area contributed by atoms with Crippen LogP contribution in [-0.2, 0) is 0 Å². The molecule has 2 heterocycles. The Balaban J connectivity index is 1.91. The number of pyridine rings is 2. The summed E-state index contributed by atoms with van der Waals surface area (Å²) in [6.07, 6.45) is 11.1. The Morgan fingerprint density at radius 3 is 1.30 bits per heavy atom. The van der Waals surface area contributed by atoms with Gasteiger partial charge >= 0.3 is 0 Å². The second-order valence-corrected chi connectivity index (χ2v) is 5.92. The minimum absolute atomic E-state index is 0.545. The Labute approximate surface area is 122 Å². The zero-order valence-corrected chi connectivity index (χ0v) is 13.1. The summed E-state index contributed by atoms with van der Waals surface area (Å²) in [7, 11) is 0. The van der Waals surface area contributed by atoms with Gasteiger partial charge in [-0.05, 0) is 38.8 Å². The van der Waals surface area contributed by atoms with Crippen molar-refractivity contribution in [2.75, 3.05) is 0 Å². The summed E-state index contributed by atoms with van der Waals surface area (Å²) < 4.78 is 4.61. The van der Waals surface area contributed by atoms with Crippen molar-refractivity contribution >= 4 is 0 Å². The highest BCUT2D eigenvalue weighted by molar-refractivity contribution is 5.03. The monoisotopic (exact) mass is 270 g/mol. The molecule has 0 fully saturated rings. The molecule has 0 amide bonds. The number of nitrogens with zero attached hydrogens (tertiary/aromatic N) is 2. The van der Waals surface area contributed by atoms with Crippen LogP contribution in [-0.4, -0.2) is 0 Å². The molecule has 2 rings (SSSR count). The van der Waals surface area contributed by atoms with Crippen molar-refractivity contribution in [3.05, 3.63) is 60.2 Å². The topological polar surface area (TPSA) is 7.76 Å². The molecule has 0 radical (unpaired) electrons. The van der Waals surface area contributed by atoms with E-state index in [1.165, 1.54) is 24.0 Å². The molecule has 0 saturated carbocycles. The Kier molecular flexibility index (Phi) is 4.89. The van der Waals surface area contributed by atoms with Crippen LogP contribution < -0.4 is 9.13 Å². The van der Waals surface area contributed by atoms with Crippen LogP contribution in [0.5, 0.6) is 0 Å². The Hall–Kier alpha value is -1.70. The molecule has 20 heavy (non-hydrogen) atoms. The molecule has 2 heteroatoms. The predicted octanol–water partition coefficient (Wildman–Crippen LogP) is 3.48. The lowest BCUT2D eigenvalue weighted by Crippen LogP contribution is -2.40. The zero-order chi connectivity index (χ0) is 14.5. The van der Waals surface area contributed by atoms with Gasteiger partial charge in [0.05, 0.1) is 0 Å². The van der Waals surface area contributed by atoms with Crippen LogP contribution in [0.3, 0.4) is 0 Å². The van der Waals surface area contributed by atoms with E-state index in [9.17, 15) is 0 Å². The van der Waals surface area contributed by atoms with E-state index in [1.807, 2.05) is 0 Å². The molecule has 0 aliphatic heterocycles. The molecular weight excluding hydrogens is 244 g/mol. The van der Waals surface area contributed by atoms with Crippen LogP contribution in [0.15, 0.2) is 49.1 Å². The lowest BCUT2D eigenvalue weighted by molar-refractivity contribution is -0.732. The summed E-state index contributed by atoms with van der Waals surface area (Å²) in [5.74, 6) is 0. The van der Waals surface area contributed by atoms with Crippen LogP contribution in [0.1, 0.15) is 49.9 Å². The first-order chi connectivity index (χ1) is 9.56. The maximum absolute atomic E-state index is 2.31. The third-order valence-corrected chi connectivity index (χ3v) is 4.06. The van der Waals surface area contributed by atoms with Crippen molar-refractivity contribution in [2.45, 2.75) is 52.6 Å². The number of rotatable bonds is 5. The van der Waals surface area contributed by atoms with E-state index in [1.54, 1.807) is 0 Å². The lowest BCUT2D eigenvalue weighted by Gasteiger charge is -2.10. The Bertz CT molecular complexity index is 477. The maximum Gasteiger partial charge on any atom is 0.169 e. The summed E-state index contributed by atoms with van der Waals surface area (Å²) in [5, 5.41) is 0. The van der Waals surface area contributed by atoms with Crippen molar-refractivity contribution in [3.8, 4) is 0 Å². The van der Waals surface area contributed by atoms with Gasteiger partial charge in [-0.2, -0.15) is 0 Å². The molecule has 2 aromatic rings. The number of hydrogen-bond acceptors (Lipinski definition) is 0. The smallest absolute Gasteiger partial charge is 0.169 e.